The van der Waals surface area contributed by atoms with Crippen molar-refractivity contribution in [2.24, 2.45) is 5.92 Å². The van der Waals surface area contributed by atoms with Crippen LogP contribution in [0.15, 0.2) is 54.6 Å². The molecule has 0 saturated carbocycles. The molecule has 1 aliphatic heterocycles. The molecule has 2 amide bonds. The summed E-state index contributed by atoms with van der Waals surface area (Å²) in [5.41, 5.74) is 1.72. The predicted octanol–water partition coefficient (Wildman–Crippen LogP) is 3.72. The van der Waals surface area contributed by atoms with Crippen LogP contribution in [0, 0.1) is 5.92 Å². The summed E-state index contributed by atoms with van der Waals surface area (Å²) in [6, 6.07) is 16.8. The van der Waals surface area contributed by atoms with E-state index in [0.717, 1.165) is 23.4 Å². The number of nitrogens with zero attached hydrogens (tertiary/aromatic N) is 1. The van der Waals surface area contributed by atoms with Gasteiger partial charge in [-0.3, -0.25) is 9.59 Å². The highest BCUT2D eigenvalue weighted by atomic mass is 16.5. The van der Waals surface area contributed by atoms with Crippen LogP contribution in [0.2, 0.25) is 0 Å². The molecule has 1 heterocycles. The summed E-state index contributed by atoms with van der Waals surface area (Å²) in [7, 11) is 1.61. The molecule has 1 N–H and O–H groups in total. The lowest BCUT2D eigenvalue weighted by Gasteiger charge is -2.41. The van der Waals surface area contributed by atoms with Crippen molar-refractivity contribution < 1.29 is 19.1 Å². The van der Waals surface area contributed by atoms with Crippen LogP contribution in [0.4, 0.5) is 5.69 Å². The van der Waals surface area contributed by atoms with Gasteiger partial charge in [-0.1, -0.05) is 30.3 Å². The fourth-order valence-electron chi connectivity index (χ4n) is 3.91. The molecule has 3 rings (SSSR count). The Morgan fingerprint density at radius 3 is 2.53 bits per heavy atom. The lowest BCUT2D eigenvalue weighted by molar-refractivity contribution is -0.129. The Kier molecular flexibility index (Phi) is 7.85. The van der Waals surface area contributed by atoms with Gasteiger partial charge in [-0.25, -0.2) is 0 Å². The van der Waals surface area contributed by atoms with Crippen molar-refractivity contribution in [3.8, 4) is 5.75 Å². The van der Waals surface area contributed by atoms with E-state index in [4.69, 9.17) is 9.47 Å². The van der Waals surface area contributed by atoms with Crippen molar-refractivity contribution in [1.82, 2.24) is 5.32 Å². The first kappa shape index (κ1) is 21.8. The van der Waals surface area contributed by atoms with E-state index < -0.39 is 0 Å². The number of ether oxygens (including phenoxy) is 2. The quantitative estimate of drug-likeness (QED) is 0.640. The van der Waals surface area contributed by atoms with E-state index >= 15 is 0 Å². The Bertz CT molecular complexity index is 823. The smallest absolute Gasteiger partial charge is 0.227 e. The molecule has 1 fully saturated rings. The van der Waals surface area contributed by atoms with Gasteiger partial charge in [-0.2, -0.15) is 0 Å². The zero-order valence-electron chi connectivity index (χ0n) is 17.7. The SMILES string of the molecule is CCOCCCNC(=O)[C@H]1CCC(=O)N(c2ccc(OC)cc2)[C@@H]1c1ccccc1. The average molecular weight is 411 g/mol. The van der Waals surface area contributed by atoms with Crippen LogP contribution in [0.1, 0.15) is 37.8 Å². The minimum Gasteiger partial charge on any atom is -0.497 e. The molecule has 160 valence electrons. The topological polar surface area (TPSA) is 67.9 Å². The van der Waals surface area contributed by atoms with E-state index in [1.165, 1.54) is 0 Å². The summed E-state index contributed by atoms with van der Waals surface area (Å²) in [6.45, 7) is 3.81. The molecule has 1 aliphatic rings. The summed E-state index contributed by atoms with van der Waals surface area (Å²) in [6.07, 6.45) is 1.64. The highest BCUT2D eigenvalue weighted by molar-refractivity contribution is 5.97. The molecule has 6 nitrogen and oxygen atoms in total. The number of hydrogen-bond donors (Lipinski definition) is 1. The van der Waals surface area contributed by atoms with Gasteiger partial charge in [0.05, 0.1) is 19.1 Å². The average Bonchev–Trinajstić information content (AvgIpc) is 2.79. The fraction of sp³-hybridized carbons (Fsp3) is 0.417. The summed E-state index contributed by atoms with van der Waals surface area (Å²) >= 11 is 0. The molecule has 0 unspecified atom stereocenters. The lowest BCUT2D eigenvalue weighted by atomic mass is 9.83. The van der Waals surface area contributed by atoms with Crippen LogP contribution in [-0.4, -0.2) is 38.7 Å². The van der Waals surface area contributed by atoms with Gasteiger partial charge in [0.1, 0.15) is 5.75 Å². The molecule has 2 aromatic rings. The van der Waals surface area contributed by atoms with Gasteiger partial charge in [-0.05, 0) is 49.6 Å². The van der Waals surface area contributed by atoms with E-state index in [-0.39, 0.29) is 23.8 Å². The van der Waals surface area contributed by atoms with Crippen molar-refractivity contribution in [2.75, 3.05) is 31.8 Å². The van der Waals surface area contributed by atoms with Crippen LogP contribution in [0.5, 0.6) is 5.75 Å². The zero-order valence-corrected chi connectivity index (χ0v) is 17.7. The Morgan fingerprint density at radius 1 is 1.13 bits per heavy atom. The van der Waals surface area contributed by atoms with Crippen LogP contribution in [0.3, 0.4) is 0 Å². The number of methoxy groups -OCH3 is 1. The minimum atomic E-state index is -0.354. The normalized spacial score (nSPS) is 18.9. The summed E-state index contributed by atoms with van der Waals surface area (Å²) in [5, 5.41) is 3.04. The van der Waals surface area contributed by atoms with Crippen molar-refractivity contribution >= 4 is 17.5 Å². The Morgan fingerprint density at radius 2 is 1.87 bits per heavy atom. The first-order valence-electron chi connectivity index (χ1n) is 10.5. The van der Waals surface area contributed by atoms with E-state index in [0.29, 0.717) is 32.6 Å². The molecule has 0 spiro atoms. The molecule has 2 aromatic carbocycles. The third-order valence-corrected chi connectivity index (χ3v) is 5.39. The van der Waals surface area contributed by atoms with E-state index in [1.54, 1.807) is 12.0 Å². The molecular weight excluding hydrogens is 380 g/mol. The van der Waals surface area contributed by atoms with E-state index in [1.807, 2.05) is 61.5 Å². The Balaban J connectivity index is 1.86. The molecule has 0 aliphatic carbocycles. The molecule has 0 bridgehead atoms. The molecule has 0 radical (unpaired) electrons. The van der Waals surface area contributed by atoms with E-state index in [9.17, 15) is 9.59 Å². The number of piperidine rings is 1. The first-order chi connectivity index (χ1) is 14.7. The maximum atomic E-state index is 13.1. The summed E-state index contributed by atoms with van der Waals surface area (Å²) in [5.74, 6) is 0.406. The molecule has 0 aromatic heterocycles. The van der Waals surface area contributed by atoms with Gasteiger partial charge >= 0.3 is 0 Å². The number of rotatable bonds is 9. The van der Waals surface area contributed by atoms with Gasteiger partial charge in [0.25, 0.3) is 0 Å². The highest BCUT2D eigenvalue weighted by Crippen LogP contribution is 2.40. The molecule has 30 heavy (non-hydrogen) atoms. The Labute approximate surface area is 178 Å². The minimum absolute atomic E-state index is 0.0219. The highest BCUT2D eigenvalue weighted by Gasteiger charge is 2.41. The number of carbonyl (C=O) groups excluding carboxylic acids is 2. The van der Waals surface area contributed by atoms with E-state index in [2.05, 4.69) is 5.32 Å². The maximum Gasteiger partial charge on any atom is 0.227 e. The predicted molar refractivity (Wildman–Crippen MR) is 117 cm³/mol. The number of benzene rings is 2. The fourth-order valence-corrected chi connectivity index (χ4v) is 3.91. The van der Waals surface area contributed by atoms with Crippen LogP contribution in [0.25, 0.3) is 0 Å². The second kappa shape index (κ2) is 10.8. The maximum absolute atomic E-state index is 13.1. The summed E-state index contributed by atoms with van der Waals surface area (Å²) < 4.78 is 10.6. The van der Waals surface area contributed by atoms with Crippen LogP contribution < -0.4 is 15.0 Å². The third kappa shape index (κ3) is 5.19. The Hall–Kier alpha value is -2.86. The van der Waals surface area contributed by atoms with Gasteiger partial charge in [0.2, 0.25) is 11.8 Å². The van der Waals surface area contributed by atoms with Gasteiger partial charge < -0.3 is 19.7 Å². The molecule has 1 saturated heterocycles. The molecular formula is C24H30N2O4. The number of anilines is 1. The lowest BCUT2D eigenvalue weighted by Crippen LogP contribution is -2.48. The van der Waals surface area contributed by atoms with Crippen molar-refractivity contribution in [3.63, 3.8) is 0 Å². The standard InChI is InChI=1S/C24H30N2O4/c1-3-30-17-7-16-25-24(28)21-14-15-22(27)26(19-10-12-20(29-2)13-11-19)23(21)18-8-5-4-6-9-18/h4-6,8-13,21,23H,3,7,14-17H2,1-2H3,(H,25,28)/t21-,23+/m0/s1. The molecule has 2 atom stereocenters. The monoisotopic (exact) mass is 410 g/mol. The van der Waals surface area contributed by atoms with Gasteiger partial charge in [0, 0.05) is 31.9 Å². The number of hydrogen-bond acceptors (Lipinski definition) is 4. The molecule has 6 heteroatoms. The van der Waals surface area contributed by atoms with Gasteiger partial charge in [-0.15, -0.1) is 0 Å². The first-order valence-corrected chi connectivity index (χ1v) is 10.5. The van der Waals surface area contributed by atoms with Crippen molar-refractivity contribution in [2.45, 2.75) is 32.2 Å². The van der Waals surface area contributed by atoms with Crippen LogP contribution >= 0.6 is 0 Å². The van der Waals surface area contributed by atoms with Gasteiger partial charge in [0.15, 0.2) is 0 Å². The van der Waals surface area contributed by atoms with Crippen LogP contribution in [-0.2, 0) is 14.3 Å². The second-order valence-corrected chi connectivity index (χ2v) is 7.30. The summed E-state index contributed by atoms with van der Waals surface area (Å²) in [4.78, 5) is 27.8. The van der Waals surface area contributed by atoms with Crippen molar-refractivity contribution in [1.29, 1.82) is 0 Å². The number of carbonyl (C=O) groups is 2. The second-order valence-electron chi connectivity index (χ2n) is 7.30. The largest absolute Gasteiger partial charge is 0.497 e. The number of nitrogens with one attached hydrogen (secondary N) is 1. The zero-order chi connectivity index (χ0) is 21.3. The number of amides is 2. The third-order valence-electron chi connectivity index (χ3n) is 5.39. The van der Waals surface area contributed by atoms with Crippen molar-refractivity contribution in [3.05, 3.63) is 60.2 Å².